The lowest BCUT2D eigenvalue weighted by Crippen LogP contribution is -2.09. The molecule has 0 N–H and O–H groups in total. The summed E-state index contributed by atoms with van der Waals surface area (Å²) in [7, 11) is 1.66. The van der Waals surface area contributed by atoms with Gasteiger partial charge in [-0.15, -0.1) is 0 Å². The van der Waals surface area contributed by atoms with Crippen molar-refractivity contribution in [3.05, 3.63) is 29.8 Å². The van der Waals surface area contributed by atoms with E-state index in [1.165, 1.54) is 5.56 Å². The highest BCUT2D eigenvalue weighted by Gasteiger charge is 1.93. The van der Waals surface area contributed by atoms with Crippen molar-refractivity contribution in [3.63, 3.8) is 0 Å². The van der Waals surface area contributed by atoms with Gasteiger partial charge < -0.3 is 14.2 Å². The minimum absolute atomic E-state index is 0.577. The number of aryl methyl sites for hydroxylation is 1. The van der Waals surface area contributed by atoms with Crippen LogP contribution in [0.4, 0.5) is 0 Å². The molecule has 0 saturated heterocycles. The second kappa shape index (κ2) is 7.26. The van der Waals surface area contributed by atoms with Crippen molar-refractivity contribution in [2.45, 2.75) is 6.92 Å². The van der Waals surface area contributed by atoms with Gasteiger partial charge in [0.05, 0.1) is 19.8 Å². The van der Waals surface area contributed by atoms with Crippen LogP contribution in [0.1, 0.15) is 5.56 Å². The van der Waals surface area contributed by atoms with E-state index in [9.17, 15) is 0 Å². The summed E-state index contributed by atoms with van der Waals surface area (Å²) in [6.07, 6.45) is 0. The molecule has 0 atom stereocenters. The molecule has 3 heteroatoms. The molecular formula is C12H18O3. The Kier molecular flexibility index (Phi) is 5.81. The van der Waals surface area contributed by atoms with Gasteiger partial charge >= 0.3 is 0 Å². The van der Waals surface area contributed by atoms with Crippen LogP contribution in [0.2, 0.25) is 0 Å². The van der Waals surface area contributed by atoms with Crippen molar-refractivity contribution in [2.75, 3.05) is 33.5 Å². The summed E-state index contributed by atoms with van der Waals surface area (Å²) in [5.74, 6) is 0.894. The molecule has 0 radical (unpaired) electrons. The van der Waals surface area contributed by atoms with Gasteiger partial charge in [-0.1, -0.05) is 12.1 Å². The smallest absolute Gasteiger partial charge is 0.119 e. The molecule has 1 aromatic carbocycles. The molecule has 0 aliphatic rings. The van der Waals surface area contributed by atoms with Crippen molar-refractivity contribution in [2.24, 2.45) is 0 Å². The lowest BCUT2D eigenvalue weighted by molar-refractivity contribution is 0.0544. The number of methoxy groups -OCH3 is 1. The van der Waals surface area contributed by atoms with Gasteiger partial charge in [0, 0.05) is 7.11 Å². The molecular weight excluding hydrogens is 192 g/mol. The maximum Gasteiger partial charge on any atom is 0.119 e. The van der Waals surface area contributed by atoms with Gasteiger partial charge in [0.25, 0.3) is 0 Å². The van der Waals surface area contributed by atoms with Gasteiger partial charge in [0.2, 0.25) is 0 Å². The molecule has 0 aliphatic carbocycles. The maximum atomic E-state index is 5.50. The van der Waals surface area contributed by atoms with E-state index in [-0.39, 0.29) is 0 Å². The van der Waals surface area contributed by atoms with Gasteiger partial charge in [0.15, 0.2) is 0 Å². The van der Waals surface area contributed by atoms with Gasteiger partial charge in [0.1, 0.15) is 12.4 Å². The highest BCUT2D eigenvalue weighted by Crippen LogP contribution is 2.11. The van der Waals surface area contributed by atoms with Crippen LogP contribution in [0.25, 0.3) is 0 Å². The minimum atomic E-state index is 0.577. The Morgan fingerprint density at radius 1 is 1.07 bits per heavy atom. The summed E-state index contributed by atoms with van der Waals surface area (Å²) in [5, 5.41) is 0. The van der Waals surface area contributed by atoms with Gasteiger partial charge in [-0.25, -0.2) is 0 Å². The van der Waals surface area contributed by atoms with E-state index >= 15 is 0 Å². The molecule has 0 heterocycles. The number of hydrogen-bond donors (Lipinski definition) is 0. The number of rotatable bonds is 7. The molecule has 1 rings (SSSR count). The first-order chi connectivity index (χ1) is 7.33. The third-order valence-electron chi connectivity index (χ3n) is 1.92. The lowest BCUT2D eigenvalue weighted by Gasteiger charge is -2.07. The van der Waals surface area contributed by atoms with Crippen molar-refractivity contribution in [1.82, 2.24) is 0 Å². The number of hydrogen-bond acceptors (Lipinski definition) is 3. The lowest BCUT2D eigenvalue weighted by atomic mass is 10.2. The van der Waals surface area contributed by atoms with E-state index in [2.05, 4.69) is 0 Å². The molecule has 84 valence electrons. The SMILES string of the molecule is COCCOCCOc1cccc(C)c1. The van der Waals surface area contributed by atoms with Crippen LogP contribution in [0.3, 0.4) is 0 Å². The van der Waals surface area contributed by atoms with Crippen molar-refractivity contribution >= 4 is 0 Å². The zero-order valence-corrected chi connectivity index (χ0v) is 9.36. The molecule has 0 fully saturated rings. The summed E-state index contributed by atoms with van der Waals surface area (Å²) in [6.45, 7) is 4.46. The van der Waals surface area contributed by atoms with Crippen molar-refractivity contribution < 1.29 is 14.2 Å². The van der Waals surface area contributed by atoms with Crippen LogP contribution >= 0.6 is 0 Å². The Morgan fingerprint density at radius 3 is 2.60 bits per heavy atom. The van der Waals surface area contributed by atoms with Gasteiger partial charge in [-0.2, -0.15) is 0 Å². The van der Waals surface area contributed by atoms with Crippen molar-refractivity contribution in [3.8, 4) is 5.75 Å². The van der Waals surface area contributed by atoms with Crippen molar-refractivity contribution in [1.29, 1.82) is 0 Å². The first-order valence-corrected chi connectivity index (χ1v) is 5.09. The predicted octanol–water partition coefficient (Wildman–Crippen LogP) is 2.04. The fraction of sp³-hybridized carbons (Fsp3) is 0.500. The molecule has 0 amide bonds. The Balaban J connectivity index is 2.10. The molecule has 0 bridgehead atoms. The second-order valence-corrected chi connectivity index (χ2v) is 3.27. The molecule has 15 heavy (non-hydrogen) atoms. The third kappa shape index (κ3) is 5.40. The monoisotopic (exact) mass is 210 g/mol. The van der Waals surface area contributed by atoms with Crippen LogP contribution in [0.15, 0.2) is 24.3 Å². The summed E-state index contributed by atoms with van der Waals surface area (Å²) in [5.41, 5.74) is 1.20. The normalized spacial score (nSPS) is 10.3. The Labute approximate surface area is 91.0 Å². The van der Waals surface area contributed by atoms with Gasteiger partial charge in [-0.05, 0) is 24.6 Å². The molecule has 0 spiro atoms. The fourth-order valence-corrected chi connectivity index (χ4v) is 1.17. The Bertz CT molecular complexity index is 273. The summed E-state index contributed by atoms with van der Waals surface area (Å²) >= 11 is 0. The molecule has 0 saturated carbocycles. The van der Waals surface area contributed by atoms with E-state index < -0.39 is 0 Å². The maximum absolute atomic E-state index is 5.50. The molecule has 1 aromatic rings. The van der Waals surface area contributed by atoms with E-state index in [1.54, 1.807) is 7.11 Å². The highest BCUT2D eigenvalue weighted by atomic mass is 16.5. The van der Waals surface area contributed by atoms with E-state index in [4.69, 9.17) is 14.2 Å². The number of benzene rings is 1. The zero-order chi connectivity index (χ0) is 10.9. The summed E-state index contributed by atoms with van der Waals surface area (Å²) in [4.78, 5) is 0. The number of ether oxygens (including phenoxy) is 3. The first-order valence-electron chi connectivity index (χ1n) is 5.09. The van der Waals surface area contributed by atoms with E-state index in [0.29, 0.717) is 26.4 Å². The van der Waals surface area contributed by atoms with E-state index in [0.717, 1.165) is 5.75 Å². The summed E-state index contributed by atoms with van der Waals surface area (Å²) in [6, 6.07) is 7.98. The van der Waals surface area contributed by atoms with Crippen LogP contribution in [0.5, 0.6) is 5.75 Å². The zero-order valence-electron chi connectivity index (χ0n) is 9.36. The Morgan fingerprint density at radius 2 is 1.87 bits per heavy atom. The Hall–Kier alpha value is -1.06. The van der Waals surface area contributed by atoms with Gasteiger partial charge in [-0.3, -0.25) is 0 Å². The van der Waals surface area contributed by atoms with E-state index in [1.807, 2.05) is 31.2 Å². The molecule has 0 aromatic heterocycles. The largest absolute Gasteiger partial charge is 0.491 e. The summed E-state index contributed by atoms with van der Waals surface area (Å²) < 4.78 is 15.6. The van der Waals surface area contributed by atoms with Crippen LogP contribution in [-0.4, -0.2) is 33.5 Å². The standard InChI is InChI=1S/C12H18O3/c1-11-4-3-5-12(10-11)15-9-8-14-7-6-13-2/h3-5,10H,6-9H2,1-2H3. The average Bonchev–Trinajstić information content (AvgIpc) is 2.23. The van der Waals surface area contributed by atoms with Crippen LogP contribution in [0, 0.1) is 6.92 Å². The molecule has 0 unspecified atom stereocenters. The van der Waals surface area contributed by atoms with Crippen LogP contribution < -0.4 is 4.74 Å². The van der Waals surface area contributed by atoms with Crippen LogP contribution in [-0.2, 0) is 9.47 Å². The second-order valence-electron chi connectivity index (χ2n) is 3.27. The molecule has 0 aliphatic heterocycles. The topological polar surface area (TPSA) is 27.7 Å². The quantitative estimate of drug-likeness (QED) is 0.644. The predicted molar refractivity (Wildman–Crippen MR) is 59.4 cm³/mol. The first kappa shape index (κ1) is 12.0. The highest BCUT2D eigenvalue weighted by molar-refractivity contribution is 5.27. The fourth-order valence-electron chi connectivity index (χ4n) is 1.17. The third-order valence-corrected chi connectivity index (χ3v) is 1.92. The minimum Gasteiger partial charge on any atom is -0.491 e. The molecule has 3 nitrogen and oxygen atoms in total. The average molecular weight is 210 g/mol.